The first-order valence-electron chi connectivity index (χ1n) is 6.02. The molecule has 2 aromatic rings. The molecule has 0 amide bonds. The molecule has 0 unspecified atom stereocenters. The van der Waals surface area contributed by atoms with Crippen LogP contribution in [0.1, 0.15) is 19.2 Å². The van der Waals surface area contributed by atoms with Crippen molar-refractivity contribution in [3.8, 4) is 11.4 Å². The molecule has 6 nitrogen and oxygen atoms in total. The SMILES string of the molecule is CCCc1nccn1-c1ccc([N+](=O)[O-])c(OC)c1. The van der Waals surface area contributed by atoms with Crippen LogP contribution in [-0.2, 0) is 6.42 Å². The average Bonchev–Trinajstić information content (AvgIpc) is 2.86. The molecule has 0 aliphatic heterocycles. The van der Waals surface area contributed by atoms with Crippen LogP contribution in [0.5, 0.6) is 5.75 Å². The zero-order valence-electron chi connectivity index (χ0n) is 10.9. The highest BCUT2D eigenvalue weighted by Gasteiger charge is 2.16. The molecule has 0 atom stereocenters. The molecule has 0 saturated carbocycles. The van der Waals surface area contributed by atoms with E-state index in [1.807, 2.05) is 10.8 Å². The molecular formula is C13H15N3O3. The van der Waals surface area contributed by atoms with Gasteiger partial charge in [0, 0.05) is 30.9 Å². The molecule has 100 valence electrons. The Hall–Kier alpha value is -2.37. The fraction of sp³-hybridized carbons (Fsp3) is 0.308. The smallest absolute Gasteiger partial charge is 0.311 e. The molecule has 6 heteroatoms. The van der Waals surface area contributed by atoms with Gasteiger partial charge in [0.05, 0.1) is 17.7 Å². The van der Waals surface area contributed by atoms with E-state index in [-0.39, 0.29) is 11.4 Å². The fourth-order valence-corrected chi connectivity index (χ4v) is 1.94. The third kappa shape index (κ3) is 2.57. The van der Waals surface area contributed by atoms with Crippen LogP contribution < -0.4 is 4.74 Å². The number of nitro benzene ring substituents is 1. The lowest BCUT2D eigenvalue weighted by Gasteiger charge is -2.09. The second-order valence-corrected chi connectivity index (χ2v) is 4.08. The number of imidazole rings is 1. The molecule has 1 heterocycles. The van der Waals surface area contributed by atoms with Crippen molar-refractivity contribution < 1.29 is 9.66 Å². The number of nitro groups is 1. The Morgan fingerprint density at radius 3 is 2.89 bits per heavy atom. The summed E-state index contributed by atoms with van der Waals surface area (Å²) >= 11 is 0. The van der Waals surface area contributed by atoms with E-state index in [1.54, 1.807) is 18.3 Å². The van der Waals surface area contributed by atoms with E-state index in [4.69, 9.17) is 4.74 Å². The van der Waals surface area contributed by atoms with E-state index < -0.39 is 4.92 Å². The number of hydrogen-bond donors (Lipinski definition) is 0. The number of aromatic nitrogens is 2. The molecule has 0 spiro atoms. The van der Waals surface area contributed by atoms with Crippen molar-refractivity contribution in [2.45, 2.75) is 19.8 Å². The zero-order valence-corrected chi connectivity index (χ0v) is 10.9. The van der Waals surface area contributed by atoms with Crippen LogP contribution in [-0.4, -0.2) is 21.6 Å². The number of methoxy groups -OCH3 is 1. The Bertz CT molecular complexity index is 593. The summed E-state index contributed by atoms with van der Waals surface area (Å²) in [6, 6.07) is 4.80. The normalized spacial score (nSPS) is 10.4. The van der Waals surface area contributed by atoms with E-state index in [9.17, 15) is 10.1 Å². The lowest BCUT2D eigenvalue weighted by atomic mass is 10.2. The molecule has 19 heavy (non-hydrogen) atoms. The maximum atomic E-state index is 10.9. The van der Waals surface area contributed by atoms with E-state index >= 15 is 0 Å². The molecule has 1 aromatic carbocycles. The van der Waals surface area contributed by atoms with E-state index in [2.05, 4.69) is 11.9 Å². The van der Waals surface area contributed by atoms with E-state index in [0.29, 0.717) is 0 Å². The first-order valence-corrected chi connectivity index (χ1v) is 6.02. The Morgan fingerprint density at radius 1 is 1.47 bits per heavy atom. The van der Waals surface area contributed by atoms with Crippen LogP contribution in [0.4, 0.5) is 5.69 Å². The van der Waals surface area contributed by atoms with Crippen LogP contribution in [0.2, 0.25) is 0 Å². The molecule has 0 N–H and O–H groups in total. The van der Waals surface area contributed by atoms with Crippen molar-refractivity contribution in [2.24, 2.45) is 0 Å². The second kappa shape index (κ2) is 5.51. The summed E-state index contributed by atoms with van der Waals surface area (Å²) in [5.41, 5.74) is 0.770. The van der Waals surface area contributed by atoms with Crippen molar-refractivity contribution in [1.29, 1.82) is 0 Å². The minimum atomic E-state index is -0.455. The molecule has 0 aliphatic rings. The maximum absolute atomic E-state index is 10.9. The number of nitrogens with zero attached hydrogens (tertiary/aromatic N) is 3. The maximum Gasteiger partial charge on any atom is 0.311 e. The van der Waals surface area contributed by atoms with Crippen molar-refractivity contribution in [3.63, 3.8) is 0 Å². The number of ether oxygens (including phenoxy) is 1. The number of rotatable bonds is 5. The van der Waals surface area contributed by atoms with Gasteiger partial charge in [-0.3, -0.25) is 10.1 Å². The van der Waals surface area contributed by atoms with Gasteiger partial charge in [0.25, 0.3) is 0 Å². The van der Waals surface area contributed by atoms with Crippen LogP contribution in [0.25, 0.3) is 5.69 Å². The van der Waals surface area contributed by atoms with Crippen molar-refractivity contribution >= 4 is 5.69 Å². The van der Waals surface area contributed by atoms with E-state index in [0.717, 1.165) is 24.4 Å². The highest BCUT2D eigenvalue weighted by molar-refractivity contribution is 5.53. The fourth-order valence-electron chi connectivity index (χ4n) is 1.94. The van der Waals surface area contributed by atoms with Gasteiger partial charge in [-0.15, -0.1) is 0 Å². The lowest BCUT2D eigenvalue weighted by Crippen LogP contribution is -2.01. The highest BCUT2D eigenvalue weighted by atomic mass is 16.6. The molecule has 0 radical (unpaired) electrons. The van der Waals surface area contributed by atoms with Gasteiger partial charge in [-0.05, 0) is 12.5 Å². The summed E-state index contributed by atoms with van der Waals surface area (Å²) in [7, 11) is 1.42. The van der Waals surface area contributed by atoms with Crippen LogP contribution in [0, 0.1) is 10.1 Å². The van der Waals surface area contributed by atoms with Gasteiger partial charge in [0.15, 0.2) is 5.75 Å². The van der Waals surface area contributed by atoms with Gasteiger partial charge >= 0.3 is 5.69 Å². The lowest BCUT2D eigenvalue weighted by molar-refractivity contribution is -0.385. The van der Waals surface area contributed by atoms with Crippen LogP contribution in [0.15, 0.2) is 30.6 Å². The molecule has 1 aromatic heterocycles. The molecular weight excluding hydrogens is 246 g/mol. The quantitative estimate of drug-likeness (QED) is 0.613. The van der Waals surface area contributed by atoms with Crippen molar-refractivity contribution in [3.05, 3.63) is 46.5 Å². The van der Waals surface area contributed by atoms with Gasteiger partial charge in [0.2, 0.25) is 0 Å². The molecule has 0 bridgehead atoms. The Balaban J connectivity index is 2.45. The summed E-state index contributed by atoms with van der Waals surface area (Å²) < 4.78 is 6.98. The summed E-state index contributed by atoms with van der Waals surface area (Å²) in [5.74, 6) is 1.18. The Morgan fingerprint density at radius 2 is 2.26 bits per heavy atom. The zero-order chi connectivity index (χ0) is 13.8. The minimum Gasteiger partial charge on any atom is -0.490 e. The van der Waals surface area contributed by atoms with Gasteiger partial charge in [-0.1, -0.05) is 6.92 Å². The summed E-state index contributed by atoms with van der Waals surface area (Å²) in [6.45, 7) is 2.08. The van der Waals surface area contributed by atoms with Crippen molar-refractivity contribution in [2.75, 3.05) is 7.11 Å². The first-order chi connectivity index (χ1) is 9.17. The summed E-state index contributed by atoms with van der Waals surface area (Å²) in [4.78, 5) is 14.7. The summed E-state index contributed by atoms with van der Waals surface area (Å²) in [5, 5.41) is 10.9. The monoisotopic (exact) mass is 261 g/mol. The summed E-state index contributed by atoms with van der Waals surface area (Å²) in [6.07, 6.45) is 5.40. The number of aryl methyl sites for hydroxylation is 1. The second-order valence-electron chi connectivity index (χ2n) is 4.08. The molecule has 0 saturated heterocycles. The average molecular weight is 261 g/mol. The Kier molecular flexibility index (Phi) is 3.79. The third-order valence-corrected chi connectivity index (χ3v) is 2.83. The Labute approximate surface area is 110 Å². The van der Waals surface area contributed by atoms with Gasteiger partial charge < -0.3 is 9.30 Å². The third-order valence-electron chi connectivity index (χ3n) is 2.83. The predicted molar refractivity (Wildman–Crippen MR) is 70.8 cm³/mol. The first kappa shape index (κ1) is 13.1. The van der Waals surface area contributed by atoms with Crippen molar-refractivity contribution in [1.82, 2.24) is 9.55 Å². The van der Waals surface area contributed by atoms with E-state index in [1.165, 1.54) is 13.2 Å². The topological polar surface area (TPSA) is 70.2 Å². The molecule has 2 rings (SSSR count). The van der Waals surface area contributed by atoms with Gasteiger partial charge in [0.1, 0.15) is 5.82 Å². The van der Waals surface area contributed by atoms with Crippen LogP contribution in [0.3, 0.4) is 0 Å². The minimum absolute atomic E-state index is 0.0385. The molecule has 0 fully saturated rings. The highest BCUT2D eigenvalue weighted by Crippen LogP contribution is 2.29. The number of hydrogen-bond acceptors (Lipinski definition) is 4. The predicted octanol–water partition coefficient (Wildman–Crippen LogP) is 2.74. The standard InChI is InChI=1S/C13H15N3O3/c1-3-4-13-14-7-8-15(13)10-5-6-11(16(17)18)12(9-10)19-2/h5-9H,3-4H2,1-2H3. The van der Waals surface area contributed by atoms with Gasteiger partial charge in [-0.2, -0.15) is 0 Å². The van der Waals surface area contributed by atoms with Crippen LogP contribution >= 0.6 is 0 Å². The van der Waals surface area contributed by atoms with Gasteiger partial charge in [-0.25, -0.2) is 4.98 Å². The molecule has 0 aliphatic carbocycles. The number of benzene rings is 1. The largest absolute Gasteiger partial charge is 0.490 e.